The van der Waals surface area contributed by atoms with Crippen LogP contribution in [0.2, 0.25) is 0 Å². The molecule has 0 spiro atoms. The number of hydrogen-bond donors (Lipinski definition) is 2. The monoisotopic (exact) mass is 215 g/mol. The van der Waals surface area contributed by atoms with Gasteiger partial charge in [-0.15, -0.1) is 5.10 Å². The van der Waals surface area contributed by atoms with Crippen molar-refractivity contribution in [2.45, 2.75) is 0 Å². The molecule has 0 radical (unpaired) electrons. The van der Waals surface area contributed by atoms with Gasteiger partial charge in [0, 0.05) is 18.1 Å². The van der Waals surface area contributed by atoms with Gasteiger partial charge in [-0.25, -0.2) is 0 Å². The topological polar surface area (TPSA) is 93.8 Å². The highest BCUT2D eigenvalue weighted by atomic mass is 16.1. The van der Waals surface area contributed by atoms with Gasteiger partial charge in [-0.05, 0) is 24.3 Å². The Kier molecular flexibility index (Phi) is 2.73. The SMILES string of the molecule is Nc1ccnc(C(=O)Nc2cccnn2)c1. The van der Waals surface area contributed by atoms with E-state index in [1.165, 1.54) is 18.5 Å². The van der Waals surface area contributed by atoms with Crippen molar-refractivity contribution in [3.8, 4) is 0 Å². The molecular formula is C10H9N5O. The molecule has 6 heteroatoms. The number of nitrogens with two attached hydrogens (primary N) is 1. The van der Waals surface area contributed by atoms with Gasteiger partial charge < -0.3 is 11.1 Å². The number of nitrogens with zero attached hydrogens (tertiary/aromatic N) is 3. The second-order valence-electron chi connectivity index (χ2n) is 3.04. The highest BCUT2D eigenvalue weighted by Crippen LogP contribution is 2.06. The number of carbonyl (C=O) groups excluding carboxylic acids is 1. The molecule has 0 bridgehead atoms. The molecule has 16 heavy (non-hydrogen) atoms. The Balaban J connectivity index is 2.15. The second kappa shape index (κ2) is 4.35. The van der Waals surface area contributed by atoms with E-state index in [2.05, 4.69) is 20.5 Å². The van der Waals surface area contributed by atoms with Gasteiger partial charge in [-0.1, -0.05) is 0 Å². The maximum Gasteiger partial charge on any atom is 0.275 e. The summed E-state index contributed by atoms with van der Waals surface area (Å²) < 4.78 is 0. The minimum atomic E-state index is -0.368. The molecule has 2 aromatic rings. The number of anilines is 2. The van der Waals surface area contributed by atoms with Crippen LogP contribution >= 0.6 is 0 Å². The van der Waals surface area contributed by atoms with E-state index in [0.29, 0.717) is 11.5 Å². The zero-order valence-electron chi connectivity index (χ0n) is 8.29. The smallest absolute Gasteiger partial charge is 0.275 e. The Morgan fingerprint density at radius 3 is 2.88 bits per heavy atom. The van der Waals surface area contributed by atoms with Crippen molar-refractivity contribution in [1.82, 2.24) is 15.2 Å². The van der Waals surface area contributed by atoms with Crippen LogP contribution in [0.3, 0.4) is 0 Å². The lowest BCUT2D eigenvalue weighted by molar-refractivity contribution is 0.102. The minimum absolute atomic E-state index is 0.241. The van der Waals surface area contributed by atoms with E-state index in [4.69, 9.17) is 5.73 Å². The van der Waals surface area contributed by atoms with Gasteiger partial charge in [-0.3, -0.25) is 9.78 Å². The quantitative estimate of drug-likeness (QED) is 0.769. The summed E-state index contributed by atoms with van der Waals surface area (Å²) in [4.78, 5) is 15.6. The van der Waals surface area contributed by atoms with Crippen molar-refractivity contribution >= 4 is 17.4 Å². The fraction of sp³-hybridized carbons (Fsp3) is 0. The van der Waals surface area contributed by atoms with E-state index in [1.807, 2.05) is 0 Å². The number of nitrogens with one attached hydrogen (secondary N) is 1. The van der Waals surface area contributed by atoms with Crippen LogP contribution in [0.25, 0.3) is 0 Å². The third-order valence-electron chi connectivity index (χ3n) is 1.83. The van der Waals surface area contributed by atoms with Crippen LogP contribution in [-0.4, -0.2) is 21.1 Å². The zero-order chi connectivity index (χ0) is 11.4. The molecule has 2 heterocycles. The van der Waals surface area contributed by atoms with Gasteiger partial charge in [0.2, 0.25) is 0 Å². The molecule has 0 atom stereocenters. The van der Waals surface area contributed by atoms with Gasteiger partial charge in [0.15, 0.2) is 5.82 Å². The van der Waals surface area contributed by atoms with Crippen LogP contribution < -0.4 is 11.1 Å². The van der Waals surface area contributed by atoms with E-state index < -0.39 is 0 Å². The first-order valence-corrected chi connectivity index (χ1v) is 4.56. The first-order chi connectivity index (χ1) is 7.75. The summed E-state index contributed by atoms with van der Waals surface area (Å²) in [6.45, 7) is 0. The summed E-state index contributed by atoms with van der Waals surface area (Å²) in [5, 5.41) is 9.92. The van der Waals surface area contributed by atoms with Gasteiger partial charge in [0.1, 0.15) is 5.69 Å². The molecular weight excluding hydrogens is 206 g/mol. The molecule has 80 valence electrons. The number of hydrogen-bond acceptors (Lipinski definition) is 5. The van der Waals surface area contributed by atoms with Gasteiger partial charge >= 0.3 is 0 Å². The average Bonchev–Trinajstić information content (AvgIpc) is 2.30. The number of nitrogen functional groups attached to an aromatic ring is 1. The largest absolute Gasteiger partial charge is 0.399 e. The predicted octanol–water partition coefficient (Wildman–Crippen LogP) is 0.706. The van der Waals surface area contributed by atoms with Crippen LogP contribution in [0, 0.1) is 0 Å². The molecule has 3 N–H and O–H groups in total. The Hall–Kier alpha value is -2.50. The average molecular weight is 215 g/mol. The molecule has 1 amide bonds. The van der Waals surface area contributed by atoms with Gasteiger partial charge in [-0.2, -0.15) is 5.10 Å². The Labute approximate surface area is 91.5 Å². The fourth-order valence-electron chi connectivity index (χ4n) is 1.12. The Morgan fingerprint density at radius 2 is 2.19 bits per heavy atom. The van der Waals surface area contributed by atoms with E-state index in [0.717, 1.165) is 0 Å². The first kappa shape index (κ1) is 10.0. The van der Waals surface area contributed by atoms with Crippen LogP contribution in [0.1, 0.15) is 10.5 Å². The van der Waals surface area contributed by atoms with Crippen LogP contribution in [0.15, 0.2) is 36.7 Å². The van der Waals surface area contributed by atoms with Crippen LogP contribution in [-0.2, 0) is 0 Å². The molecule has 0 aromatic carbocycles. The number of pyridine rings is 1. The lowest BCUT2D eigenvalue weighted by atomic mass is 10.3. The second-order valence-corrected chi connectivity index (χ2v) is 3.04. The maximum atomic E-state index is 11.7. The third kappa shape index (κ3) is 2.30. The molecule has 0 saturated heterocycles. The number of carbonyl (C=O) groups is 1. The summed E-state index contributed by atoms with van der Waals surface area (Å²) in [7, 11) is 0. The normalized spacial score (nSPS) is 9.75. The third-order valence-corrected chi connectivity index (χ3v) is 1.83. The van der Waals surface area contributed by atoms with Crippen molar-refractivity contribution in [1.29, 1.82) is 0 Å². The maximum absolute atomic E-state index is 11.7. The molecule has 0 aliphatic heterocycles. The highest BCUT2D eigenvalue weighted by molar-refractivity contribution is 6.02. The molecule has 0 aliphatic carbocycles. The molecule has 6 nitrogen and oxygen atoms in total. The van der Waals surface area contributed by atoms with Crippen molar-refractivity contribution in [2.24, 2.45) is 0 Å². The lowest BCUT2D eigenvalue weighted by Gasteiger charge is -2.02. The lowest BCUT2D eigenvalue weighted by Crippen LogP contribution is -2.14. The number of amides is 1. The zero-order valence-corrected chi connectivity index (χ0v) is 8.29. The van der Waals surface area contributed by atoms with E-state index in [-0.39, 0.29) is 11.6 Å². The summed E-state index contributed by atoms with van der Waals surface area (Å²) in [5.41, 5.74) is 6.27. The van der Waals surface area contributed by atoms with Crippen molar-refractivity contribution < 1.29 is 4.79 Å². The molecule has 0 fully saturated rings. The van der Waals surface area contributed by atoms with Crippen LogP contribution in [0.5, 0.6) is 0 Å². The summed E-state index contributed by atoms with van der Waals surface area (Å²) in [6.07, 6.45) is 3.00. The van der Waals surface area contributed by atoms with Crippen molar-refractivity contribution in [3.05, 3.63) is 42.4 Å². The molecule has 0 aliphatic rings. The molecule has 0 unspecified atom stereocenters. The van der Waals surface area contributed by atoms with Crippen molar-refractivity contribution in [2.75, 3.05) is 11.1 Å². The van der Waals surface area contributed by atoms with Crippen molar-refractivity contribution in [3.63, 3.8) is 0 Å². The van der Waals surface area contributed by atoms with Gasteiger partial charge in [0.25, 0.3) is 5.91 Å². The Morgan fingerprint density at radius 1 is 1.31 bits per heavy atom. The molecule has 2 rings (SSSR count). The number of aromatic nitrogens is 3. The molecule has 2 aromatic heterocycles. The summed E-state index contributed by atoms with van der Waals surface area (Å²) >= 11 is 0. The fourth-order valence-corrected chi connectivity index (χ4v) is 1.12. The highest BCUT2D eigenvalue weighted by Gasteiger charge is 2.08. The molecule has 0 saturated carbocycles. The predicted molar refractivity (Wildman–Crippen MR) is 58.6 cm³/mol. The number of rotatable bonds is 2. The first-order valence-electron chi connectivity index (χ1n) is 4.56. The Bertz CT molecular complexity index is 500. The minimum Gasteiger partial charge on any atom is -0.399 e. The van der Waals surface area contributed by atoms with Crippen LogP contribution in [0.4, 0.5) is 11.5 Å². The standard InChI is InChI=1S/C10H9N5O/c11-7-3-5-12-8(6-7)10(16)14-9-2-1-4-13-15-9/h1-6H,(H2,11,12)(H,14,15,16). The summed E-state index contributed by atoms with van der Waals surface area (Å²) in [5.74, 6) is 0.00419. The van der Waals surface area contributed by atoms with E-state index in [1.54, 1.807) is 18.2 Å². The summed E-state index contributed by atoms with van der Waals surface area (Å²) in [6, 6.07) is 6.41. The van der Waals surface area contributed by atoms with E-state index >= 15 is 0 Å². The van der Waals surface area contributed by atoms with Gasteiger partial charge in [0.05, 0.1) is 0 Å². The van der Waals surface area contributed by atoms with E-state index in [9.17, 15) is 4.79 Å².